The van der Waals surface area contributed by atoms with Gasteiger partial charge < -0.3 is 14.6 Å². The molecule has 0 radical (unpaired) electrons. The van der Waals surface area contributed by atoms with E-state index in [9.17, 15) is 19.5 Å². The molecular weight excluding hydrogens is 460 g/mol. The Bertz CT molecular complexity index is 963. The summed E-state index contributed by atoms with van der Waals surface area (Å²) < 4.78 is 10.8. The second kappa shape index (κ2) is 14.2. The number of ether oxygens (including phenoxy) is 2. The number of amides is 2. The van der Waals surface area contributed by atoms with Crippen molar-refractivity contribution in [1.82, 2.24) is 10.4 Å². The molecule has 1 aliphatic carbocycles. The summed E-state index contributed by atoms with van der Waals surface area (Å²) in [6.45, 7) is 1.40. The van der Waals surface area contributed by atoms with Crippen molar-refractivity contribution >= 4 is 18.0 Å². The maximum absolute atomic E-state index is 13.2. The van der Waals surface area contributed by atoms with Gasteiger partial charge >= 0.3 is 12.2 Å². The predicted molar refractivity (Wildman–Crippen MR) is 135 cm³/mol. The summed E-state index contributed by atoms with van der Waals surface area (Å²) in [7, 11) is 0. The molecule has 36 heavy (non-hydrogen) atoms. The molecule has 2 N–H and O–H groups in total. The number of carbonyl (C=O) groups excluding carboxylic acids is 3. The average Bonchev–Trinajstić information content (AvgIpc) is 2.89. The van der Waals surface area contributed by atoms with Gasteiger partial charge in [0, 0.05) is 6.42 Å². The molecule has 2 atom stereocenters. The summed E-state index contributed by atoms with van der Waals surface area (Å²) in [5.41, 5.74) is 4.07. The Hall–Kier alpha value is -3.39. The van der Waals surface area contributed by atoms with E-state index in [0.29, 0.717) is 6.42 Å². The topological polar surface area (TPSA) is 105 Å². The fraction of sp³-hybridized carbons (Fsp3) is 0.464. The van der Waals surface area contributed by atoms with Crippen molar-refractivity contribution in [3.05, 3.63) is 71.8 Å². The molecule has 2 aromatic rings. The van der Waals surface area contributed by atoms with E-state index in [1.54, 1.807) is 0 Å². The first-order chi connectivity index (χ1) is 17.4. The average molecular weight is 497 g/mol. The number of hydrogen-bond donors (Lipinski definition) is 2. The minimum absolute atomic E-state index is 0.00410. The third-order valence-corrected chi connectivity index (χ3v) is 6.40. The van der Waals surface area contributed by atoms with E-state index >= 15 is 0 Å². The number of rotatable bonds is 10. The molecule has 2 amide bonds. The number of aliphatic hydroxyl groups excluding tert-OH is 1. The van der Waals surface area contributed by atoms with Crippen LogP contribution in [-0.2, 0) is 27.5 Å². The minimum Gasteiger partial charge on any atom is -0.443 e. The fourth-order valence-corrected chi connectivity index (χ4v) is 4.54. The van der Waals surface area contributed by atoms with Gasteiger partial charge in [0.1, 0.15) is 19.0 Å². The van der Waals surface area contributed by atoms with Crippen molar-refractivity contribution in [1.29, 1.82) is 0 Å². The summed E-state index contributed by atoms with van der Waals surface area (Å²) in [4.78, 5) is 37.8. The predicted octanol–water partition coefficient (Wildman–Crippen LogP) is 5.15. The summed E-state index contributed by atoms with van der Waals surface area (Å²) in [6, 6.07) is 17.5. The van der Waals surface area contributed by atoms with Crippen LogP contribution in [0.3, 0.4) is 0 Å². The number of hydrogen-bond acceptors (Lipinski definition) is 6. The van der Waals surface area contributed by atoms with Gasteiger partial charge in [-0.05, 0) is 30.4 Å². The van der Waals surface area contributed by atoms with Gasteiger partial charge in [0.25, 0.3) is 0 Å². The number of hydrazine groups is 1. The molecule has 0 aromatic heterocycles. The van der Waals surface area contributed by atoms with Crippen LogP contribution in [0.1, 0.15) is 63.0 Å². The first kappa shape index (κ1) is 27.2. The third kappa shape index (κ3) is 9.00. The van der Waals surface area contributed by atoms with Gasteiger partial charge in [0.15, 0.2) is 0 Å². The highest BCUT2D eigenvalue weighted by atomic mass is 16.6. The highest BCUT2D eigenvalue weighted by molar-refractivity contribution is 5.77. The van der Waals surface area contributed by atoms with E-state index in [-0.39, 0.29) is 31.3 Å². The van der Waals surface area contributed by atoms with E-state index in [1.165, 1.54) is 6.92 Å². The number of Topliss-reactive ketones (excluding diaryl/α,β-unsaturated/α-hetero) is 1. The Kier molecular flexibility index (Phi) is 10.8. The molecule has 0 heterocycles. The van der Waals surface area contributed by atoms with Gasteiger partial charge in [-0.1, -0.05) is 92.8 Å². The molecule has 0 bridgehead atoms. The molecule has 8 heteroatoms. The second-order valence-electron chi connectivity index (χ2n) is 9.36. The molecule has 2 aromatic carbocycles. The SMILES string of the molecule is CC(=O)C[C@@H](O)[C@@H](CC1CCCCC1)N(NC(=O)OCc1ccccc1)C(=O)OCc1ccccc1. The lowest BCUT2D eigenvalue weighted by atomic mass is 9.83. The maximum atomic E-state index is 13.2. The summed E-state index contributed by atoms with van der Waals surface area (Å²) in [5, 5.41) is 12.0. The monoisotopic (exact) mass is 496 g/mol. The smallest absolute Gasteiger partial charge is 0.429 e. The molecule has 0 saturated heterocycles. The number of benzene rings is 2. The fourth-order valence-electron chi connectivity index (χ4n) is 4.54. The Balaban J connectivity index is 1.76. The zero-order chi connectivity index (χ0) is 25.8. The van der Waals surface area contributed by atoms with E-state index in [0.717, 1.165) is 48.2 Å². The zero-order valence-corrected chi connectivity index (χ0v) is 20.8. The van der Waals surface area contributed by atoms with Gasteiger partial charge in [-0.25, -0.2) is 20.0 Å². The van der Waals surface area contributed by atoms with Crippen molar-refractivity contribution in [2.24, 2.45) is 5.92 Å². The molecule has 194 valence electrons. The molecule has 3 rings (SSSR count). The van der Waals surface area contributed by atoms with Gasteiger partial charge in [0.2, 0.25) is 0 Å². The van der Waals surface area contributed by atoms with E-state index in [1.807, 2.05) is 60.7 Å². The largest absolute Gasteiger partial charge is 0.443 e. The molecular formula is C28H36N2O6. The van der Waals surface area contributed by atoms with Gasteiger partial charge in [0.05, 0.1) is 12.1 Å². The Morgan fingerprint density at radius 2 is 1.47 bits per heavy atom. The van der Waals surface area contributed by atoms with Crippen LogP contribution >= 0.6 is 0 Å². The molecule has 0 unspecified atom stereocenters. The van der Waals surface area contributed by atoms with Crippen LogP contribution < -0.4 is 5.43 Å². The van der Waals surface area contributed by atoms with Crippen molar-refractivity contribution in [3.63, 3.8) is 0 Å². The lowest BCUT2D eigenvalue weighted by Gasteiger charge is -2.36. The summed E-state index contributed by atoms with van der Waals surface area (Å²) in [6.07, 6.45) is 2.71. The van der Waals surface area contributed by atoms with Crippen LogP contribution in [0.5, 0.6) is 0 Å². The first-order valence-corrected chi connectivity index (χ1v) is 12.6. The van der Waals surface area contributed by atoms with Gasteiger partial charge in [-0.15, -0.1) is 0 Å². The number of nitrogens with one attached hydrogen (secondary N) is 1. The lowest BCUT2D eigenvalue weighted by molar-refractivity contribution is -0.120. The number of ketones is 1. The second-order valence-corrected chi connectivity index (χ2v) is 9.36. The van der Waals surface area contributed by atoms with Crippen LogP contribution in [0.25, 0.3) is 0 Å². The zero-order valence-electron chi connectivity index (χ0n) is 20.8. The van der Waals surface area contributed by atoms with Crippen LogP contribution in [0.4, 0.5) is 9.59 Å². The molecule has 0 aliphatic heterocycles. The highest BCUT2D eigenvalue weighted by Gasteiger charge is 2.35. The minimum atomic E-state index is -1.16. The number of carbonyl (C=O) groups is 3. The van der Waals surface area contributed by atoms with Gasteiger partial charge in [-0.3, -0.25) is 4.79 Å². The van der Waals surface area contributed by atoms with Crippen molar-refractivity contribution in [2.75, 3.05) is 0 Å². The van der Waals surface area contributed by atoms with Crippen molar-refractivity contribution in [2.45, 2.75) is 77.2 Å². The molecule has 1 aliphatic rings. The van der Waals surface area contributed by atoms with E-state index < -0.39 is 24.3 Å². The number of aliphatic hydroxyl groups is 1. The summed E-state index contributed by atoms with van der Waals surface area (Å²) in [5.74, 6) is 0.0531. The Labute approximate surface area is 212 Å². The maximum Gasteiger partial charge on any atom is 0.429 e. The van der Waals surface area contributed by atoms with Crippen molar-refractivity contribution < 1.29 is 29.0 Å². The van der Waals surface area contributed by atoms with Crippen LogP contribution in [0.15, 0.2) is 60.7 Å². The third-order valence-electron chi connectivity index (χ3n) is 6.40. The number of nitrogens with zero attached hydrogens (tertiary/aromatic N) is 1. The molecule has 0 spiro atoms. The normalized spacial score (nSPS) is 15.4. The van der Waals surface area contributed by atoms with Gasteiger partial charge in [-0.2, -0.15) is 0 Å². The Morgan fingerprint density at radius 1 is 0.917 bits per heavy atom. The van der Waals surface area contributed by atoms with Crippen LogP contribution in [0, 0.1) is 5.92 Å². The standard InChI is InChI=1S/C28H36N2O6/c1-21(31)17-26(32)25(18-22-11-5-2-6-12-22)30(28(34)36-20-24-15-9-4-10-16-24)29-27(33)35-19-23-13-7-3-8-14-23/h3-4,7-10,13-16,22,25-26,32H,2,5-6,11-12,17-20H2,1H3,(H,29,33)/t25-,26-/m1/s1. The molecule has 8 nitrogen and oxygen atoms in total. The first-order valence-electron chi connectivity index (χ1n) is 12.6. The van der Waals surface area contributed by atoms with Crippen molar-refractivity contribution in [3.8, 4) is 0 Å². The Morgan fingerprint density at radius 3 is 2.03 bits per heavy atom. The quantitative estimate of drug-likeness (QED) is 0.441. The molecule has 1 fully saturated rings. The van der Waals surface area contributed by atoms with Crippen LogP contribution in [-0.4, -0.2) is 40.2 Å². The van der Waals surface area contributed by atoms with E-state index in [4.69, 9.17) is 9.47 Å². The van der Waals surface area contributed by atoms with E-state index in [2.05, 4.69) is 5.43 Å². The molecule has 1 saturated carbocycles. The van der Waals surface area contributed by atoms with Crippen LogP contribution in [0.2, 0.25) is 0 Å². The highest BCUT2D eigenvalue weighted by Crippen LogP contribution is 2.30. The lowest BCUT2D eigenvalue weighted by Crippen LogP contribution is -2.57. The summed E-state index contributed by atoms with van der Waals surface area (Å²) >= 11 is 0.